The van der Waals surface area contributed by atoms with Gasteiger partial charge in [0.1, 0.15) is 23.3 Å². The summed E-state index contributed by atoms with van der Waals surface area (Å²) in [4.78, 5) is 21.8. The molecular weight excluding hydrogens is 332 g/mol. The molecule has 0 aromatic carbocycles. The monoisotopic (exact) mass is 362 g/mol. The Morgan fingerprint density at radius 1 is 0.923 bits per heavy atom. The van der Waals surface area contributed by atoms with E-state index < -0.39 is 11.9 Å². The fraction of sp³-hybridized carbons (Fsp3) is 0.600. The highest BCUT2D eigenvalue weighted by Crippen LogP contribution is 2.09. The lowest BCUT2D eigenvalue weighted by Crippen LogP contribution is -2.15. The number of rotatable bonds is 11. The maximum atomic E-state index is 11.1. The van der Waals surface area contributed by atoms with Gasteiger partial charge in [-0.25, -0.2) is 9.59 Å². The van der Waals surface area contributed by atoms with Crippen LogP contribution < -0.4 is 0 Å². The third-order valence-corrected chi connectivity index (χ3v) is 3.27. The van der Waals surface area contributed by atoms with Crippen molar-refractivity contribution in [2.45, 2.75) is 71.8 Å². The molecule has 26 heavy (non-hydrogen) atoms. The van der Waals surface area contributed by atoms with E-state index in [0.717, 1.165) is 32.1 Å². The Hall–Kier alpha value is -2.60. The first kappa shape index (κ1) is 25.6. The summed E-state index contributed by atoms with van der Waals surface area (Å²) in [7, 11) is 0. The smallest absolute Gasteiger partial charge is 0.348 e. The third kappa shape index (κ3) is 15.0. The number of hydrogen-bond donors (Lipinski definition) is 0. The number of carbonyl (C=O) groups excluding carboxylic acids is 2. The molecule has 0 saturated carbocycles. The first-order valence-corrected chi connectivity index (χ1v) is 8.90. The van der Waals surface area contributed by atoms with E-state index in [1.54, 1.807) is 12.1 Å². The normalized spacial score (nSPS) is 10.2. The maximum Gasteiger partial charge on any atom is 0.348 e. The molecule has 0 rings (SSSR count). The van der Waals surface area contributed by atoms with Crippen molar-refractivity contribution >= 4 is 11.9 Å². The van der Waals surface area contributed by atoms with Gasteiger partial charge in [0, 0.05) is 0 Å². The predicted molar refractivity (Wildman–Crippen MR) is 99.7 cm³/mol. The van der Waals surface area contributed by atoms with Crippen molar-refractivity contribution in [3.05, 3.63) is 24.3 Å². The number of carbonyl (C=O) groups is 2. The van der Waals surface area contributed by atoms with Gasteiger partial charge in [0.25, 0.3) is 0 Å². The van der Waals surface area contributed by atoms with Crippen LogP contribution in [0.3, 0.4) is 0 Å². The Kier molecular flexibility index (Phi) is 17.0. The molecule has 0 aromatic rings. The Morgan fingerprint density at radius 3 is 1.96 bits per heavy atom. The third-order valence-electron chi connectivity index (χ3n) is 3.27. The van der Waals surface area contributed by atoms with E-state index in [4.69, 9.17) is 15.3 Å². The molecule has 0 bridgehead atoms. The predicted octanol–water partition coefficient (Wildman–Crippen LogP) is 4.38. The van der Waals surface area contributed by atoms with E-state index in [2.05, 4.69) is 24.8 Å². The summed E-state index contributed by atoms with van der Waals surface area (Å²) in [5.41, 5.74) is -0.267. The zero-order chi connectivity index (χ0) is 20.4. The summed E-state index contributed by atoms with van der Waals surface area (Å²) in [6.07, 6.45) is 7.14. The first-order chi connectivity index (χ1) is 12.3. The van der Waals surface area contributed by atoms with Gasteiger partial charge in [-0.05, 0) is 26.2 Å². The molecule has 0 saturated heterocycles. The topological polar surface area (TPSA) is 100 Å². The molecule has 0 amide bonds. The molecule has 0 aliphatic rings. The van der Waals surface area contributed by atoms with Crippen molar-refractivity contribution in [3.63, 3.8) is 0 Å². The van der Waals surface area contributed by atoms with Crippen LogP contribution in [0.4, 0.5) is 0 Å². The molecule has 6 nitrogen and oxygen atoms in total. The number of nitriles is 2. The highest BCUT2D eigenvalue weighted by atomic mass is 16.5. The summed E-state index contributed by atoms with van der Waals surface area (Å²) in [6, 6.07) is 3.30. The summed E-state index contributed by atoms with van der Waals surface area (Å²) in [5, 5.41) is 16.6. The summed E-state index contributed by atoms with van der Waals surface area (Å²) in [6.45, 7) is 12.9. The summed E-state index contributed by atoms with van der Waals surface area (Å²) in [5.74, 6) is -1.21. The highest BCUT2D eigenvalue weighted by Gasteiger charge is 2.12. The van der Waals surface area contributed by atoms with E-state index in [9.17, 15) is 9.59 Å². The SMILES string of the molecule is C=C(C#N)C(=O)OC(C)CCCCCC.C=C(C#N)C(=O)OCCCC. The molecule has 144 valence electrons. The number of nitrogens with zero attached hydrogens (tertiary/aromatic N) is 2. The van der Waals surface area contributed by atoms with Crippen molar-refractivity contribution < 1.29 is 19.1 Å². The van der Waals surface area contributed by atoms with Gasteiger partial charge in [-0.1, -0.05) is 52.7 Å². The second-order valence-electron chi connectivity index (χ2n) is 5.74. The van der Waals surface area contributed by atoms with Crippen molar-refractivity contribution in [2.24, 2.45) is 0 Å². The molecule has 1 atom stereocenters. The van der Waals surface area contributed by atoms with Crippen LogP contribution in [-0.4, -0.2) is 24.6 Å². The molecule has 0 radical (unpaired) electrons. The number of unbranched alkanes of at least 4 members (excludes halogenated alkanes) is 4. The van der Waals surface area contributed by atoms with E-state index >= 15 is 0 Å². The molecule has 0 spiro atoms. The van der Waals surface area contributed by atoms with E-state index in [-0.39, 0.29) is 17.3 Å². The van der Waals surface area contributed by atoms with Gasteiger partial charge in [-0.2, -0.15) is 10.5 Å². The molecule has 0 fully saturated rings. The zero-order valence-corrected chi connectivity index (χ0v) is 16.2. The van der Waals surface area contributed by atoms with Crippen LogP contribution in [0.2, 0.25) is 0 Å². The van der Waals surface area contributed by atoms with Crippen molar-refractivity contribution in [3.8, 4) is 12.1 Å². The lowest BCUT2D eigenvalue weighted by molar-refractivity contribution is -0.143. The van der Waals surface area contributed by atoms with Crippen LogP contribution >= 0.6 is 0 Å². The average Bonchev–Trinajstić information content (AvgIpc) is 2.64. The standard InChI is InChI=1S/C12H19NO2.C8H11NO2/c1-4-5-6-7-8-11(3)15-12(14)10(2)9-13;1-3-4-5-11-8(10)7(2)6-9/h11H,2,4-8H2,1,3H3;2-5H2,1H3. The van der Waals surface area contributed by atoms with Crippen LogP contribution in [0.15, 0.2) is 24.3 Å². The average molecular weight is 362 g/mol. The maximum absolute atomic E-state index is 11.1. The Bertz CT molecular complexity index is 541. The molecule has 1 unspecified atom stereocenters. The van der Waals surface area contributed by atoms with Gasteiger partial charge < -0.3 is 9.47 Å². The molecule has 6 heteroatoms. The molecule has 0 aromatic heterocycles. The summed E-state index contributed by atoms with van der Waals surface area (Å²) < 4.78 is 9.70. The Morgan fingerprint density at radius 2 is 1.46 bits per heavy atom. The van der Waals surface area contributed by atoms with Crippen molar-refractivity contribution in [2.75, 3.05) is 6.61 Å². The van der Waals surface area contributed by atoms with Gasteiger partial charge in [-0.15, -0.1) is 0 Å². The van der Waals surface area contributed by atoms with Crippen LogP contribution in [0, 0.1) is 22.7 Å². The summed E-state index contributed by atoms with van der Waals surface area (Å²) >= 11 is 0. The molecule has 0 N–H and O–H groups in total. The largest absolute Gasteiger partial charge is 0.462 e. The number of hydrogen-bond acceptors (Lipinski definition) is 6. The van der Waals surface area contributed by atoms with E-state index in [1.165, 1.54) is 12.8 Å². The minimum Gasteiger partial charge on any atom is -0.462 e. The van der Waals surface area contributed by atoms with Gasteiger partial charge in [0.15, 0.2) is 0 Å². The lowest BCUT2D eigenvalue weighted by atomic mass is 10.1. The minimum atomic E-state index is -0.610. The second kappa shape index (κ2) is 17.2. The fourth-order valence-corrected chi connectivity index (χ4v) is 1.66. The van der Waals surface area contributed by atoms with Crippen molar-refractivity contribution in [1.29, 1.82) is 10.5 Å². The van der Waals surface area contributed by atoms with Crippen LogP contribution in [0.5, 0.6) is 0 Å². The lowest BCUT2D eigenvalue weighted by Gasteiger charge is -2.11. The minimum absolute atomic E-state index is 0.126. The zero-order valence-electron chi connectivity index (χ0n) is 16.2. The van der Waals surface area contributed by atoms with Gasteiger partial charge in [0.2, 0.25) is 0 Å². The number of ether oxygens (including phenoxy) is 2. The first-order valence-electron chi connectivity index (χ1n) is 8.90. The van der Waals surface area contributed by atoms with Crippen LogP contribution in [-0.2, 0) is 19.1 Å². The van der Waals surface area contributed by atoms with Gasteiger partial charge in [-0.3, -0.25) is 0 Å². The second-order valence-corrected chi connectivity index (χ2v) is 5.74. The molecular formula is C20H30N2O4. The molecule has 0 aliphatic carbocycles. The van der Waals surface area contributed by atoms with Crippen LogP contribution in [0.25, 0.3) is 0 Å². The quantitative estimate of drug-likeness (QED) is 0.234. The van der Waals surface area contributed by atoms with E-state index in [1.807, 2.05) is 13.8 Å². The number of esters is 2. The molecule has 0 aliphatic heterocycles. The Balaban J connectivity index is 0. The van der Waals surface area contributed by atoms with E-state index in [0.29, 0.717) is 6.61 Å². The Labute approximate surface area is 157 Å². The van der Waals surface area contributed by atoms with Gasteiger partial charge >= 0.3 is 11.9 Å². The molecule has 0 heterocycles. The highest BCUT2D eigenvalue weighted by molar-refractivity contribution is 5.92. The van der Waals surface area contributed by atoms with Crippen LogP contribution in [0.1, 0.15) is 65.7 Å². The van der Waals surface area contributed by atoms with Crippen molar-refractivity contribution in [1.82, 2.24) is 0 Å². The van der Waals surface area contributed by atoms with Gasteiger partial charge in [0.05, 0.1) is 12.7 Å². The fourth-order valence-electron chi connectivity index (χ4n) is 1.66.